The quantitative estimate of drug-likeness (QED) is 0.595. The summed E-state index contributed by atoms with van der Waals surface area (Å²) < 4.78 is 11.0. The third-order valence-electron chi connectivity index (χ3n) is 6.30. The SMILES string of the molecule is CC(C)(NC(=O)[C@H]1OCC[C@H]1CNC(=O)OCC1c2ccccc2-c2ccccc21)C(=O)O. The van der Waals surface area contributed by atoms with E-state index in [1.54, 1.807) is 0 Å². The van der Waals surface area contributed by atoms with Crippen LogP contribution in [0.1, 0.15) is 37.3 Å². The number of hydrogen-bond acceptors (Lipinski definition) is 5. The van der Waals surface area contributed by atoms with E-state index in [0.717, 1.165) is 22.3 Å². The fourth-order valence-electron chi connectivity index (χ4n) is 4.43. The van der Waals surface area contributed by atoms with Gasteiger partial charge in [0.15, 0.2) is 0 Å². The molecular weight excluding hydrogens is 424 g/mol. The van der Waals surface area contributed by atoms with Crippen LogP contribution >= 0.6 is 0 Å². The van der Waals surface area contributed by atoms with Crippen molar-refractivity contribution in [1.82, 2.24) is 10.6 Å². The van der Waals surface area contributed by atoms with E-state index in [-0.39, 0.29) is 25.0 Å². The molecule has 8 heteroatoms. The number of carboxylic acids is 1. The first-order valence-electron chi connectivity index (χ1n) is 11.0. The maximum atomic E-state index is 12.5. The molecule has 2 aromatic rings. The molecule has 0 bridgehead atoms. The van der Waals surface area contributed by atoms with Gasteiger partial charge in [-0.05, 0) is 42.5 Å². The first kappa shape index (κ1) is 22.8. The lowest BCUT2D eigenvalue weighted by Gasteiger charge is -2.25. The fourth-order valence-corrected chi connectivity index (χ4v) is 4.43. The van der Waals surface area contributed by atoms with Crippen LogP contribution in [-0.2, 0) is 19.1 Å². The third kappa shape index (κ3) is 4.71. The van der Waals surface area contributed by atoms with Gasteiger partial charge in [-0.25, -0.2) is 9.59 Å². The predicted octanol–water partition coefficient (Wildman–Crippen LogP) is 2.91. The van der Waals surface area contributed by atoms with E-state index in [1.165, 1.54) is 13.8 Å². The number of aliphatic carboxylic acids is 1. The van der Waals surface area contributed by atoms with Gasteiger partial charge in [0.25, 0.3) is 0 Å². The molecule has 4 rings (SSSR count). The molecule has 0 radical (unpaired) electrons. The Morgan fingerprint density at radius 2 is 1.67 bits per heavy atom. The second kappa shape index (κ2) is 9.23. The predicted molar refractivity (Wildman–Crippen MR) is 121 cm³/mol. The van der Waals surface area contributed by atoms with Crippen molar-refractivity contribution >= 4 is 18.0 Å². The monoisotopic (exact) mass is 452 g/mol. The Bertz CT molecular complexity index is 1020. The van der Waals surface area contributed by atoms with E-state index < -0.39 is 29.6 Å². The van der Waals surface area contributed by atoms with E-state index in [0.29, 0.717) is 13.0 Å². The summed E-state index contributed by atoms with van der Waals surface area (Å²) in [4.78, 5) is 36.2. The molecule has 0 saturated carbocycles. The summed E-state index contributed by atoms with van der Waals surface area (Å²) in [6, 6.07) is 16.2. The molecule has 174 valence electrons. The Balaban J connectivity index is 1.32. The van der Waals surface area contributed by atoms with Gasteiger partial charge in [-0.1, -0.05) is 48.5 Å². The molecule has 1 heterocycles. The summed E-state index contributed by atoms with van der Waals surface area (Å²) >= 11 is 0. The Hall–Kier alpha value is -3.39. The van der Waals surface area contributed by atoms with Crippen LogP contribution in [0, 0.1) is 5.92 Å². The van der Waals surface area contributed by atoms with Gasteiger partial charge in [0.2, 0.25) is 5.91 Å². The highest BCUT2D eigenvalue weighted by Crippen LogP contribution is 2.44. The second-order valence-corrected chi connectivity index (χ2v) is 8.97. The number of amides is 2. The molecule has 33 heavy (non-hydrogen) atoms. The Kier molecular flexibility index (Phi) is 6.37. The molecule has 0 aromatic heterocycles. The molecule has 3 N–H and O–H groups in total. The molecular formula is C25H28N2O6. The summed E-state index contributed by atoms with van der Waals surface area (Å²) in [5.74, 6) is -1.94. The Labute approximate surface area is 192 Å². The summed E-state index contributed by atoms with van der Waals surface area (Å²) in [5, 5.41) is 14.4. The normalized spacial score (nSPS) is 19.5. The van der Waals surface area contributed by atoms with Gasteiger partial charge in [-0.15, -0.1) is 0 Å². The van der Waals surface area contributed by atoms with Crippen LogP contribution in [0.25, 0.3) is 11.1 Å². The highest BCUT2D eigenvalue weighted by Gasteiger charge is 2.39. The first-order chi connectivity index (χ1) is 15.8. The van der Waals surface area contributed by atoms with Crippen molar-refractivity contribution in [3.63, 3.8) is 0 Å². The van der Waals surface area contributed by atoms with Gasteiger partial charge in [0.1, 0.15) is 18.2 Å². The van der Waals surface area contributed by atoms with E-state index >= 15 is 0 Å². The van der Waals surface area contributed by atoms with Crippen LogP contribution in [0.5, 0.6) is 0 Å². The number of ether oxygens (including phenoxy) is 2. The number of carboxylic acid groups (broad SMARTS) is 1. The number of carbonyl (C=O) groups is 3. The van der Waals surface area contributed by atoms with Crippen LogP contribution in [0.2, 0.25) is 0 Å². The van der Waals surface area contributed by atoms with Crippen molar-refractivity contribution in [1.29, 1.82) is 0 Å². The number of alkyl carbamates (subject to hydrolysis) is 1. The largest absolute Gasteiger partial charge is 0.480 e. The Morgan fingerprint density at radius 1 is 1.06 bits per heavy atom. The summed E-state index contributed by atoms with van der Waals surface area (Å²) in [6.45, 7) is 3.58. The van der Waals surface area contributed by atoms with Crippen molar-refractivity contribution in [2.75, 3.05) is 19.8 Å². The van der Waals surface area contributed by atoms with E-state index in [9.17, 15) is 19.5 Å². The number of hydrogen-bond donors (Lipinski definition) is 3. The van der Waals surface area contributed by atoms with Gasteiger partial charge in [0.05, 0.1) is 0 Å². The number of carbonyl (C=O) groups excluding carboxylic acids is 2. The maximum Gasteiger partial charge on any atom is 0.407 e. The number of benzene rings is 2. The zero-order valence-electron chi connectivity index (χ0n) is 18.7. The number of fused-ring (bicyclic) bond motifs is 3. The van der Waals surface area contributed by atoms with Gasteiger partial charge in [-0.2, -0.15) is 0 Å². The minimum Gasteiger partial charge on any atom is -0.480 e. The van der Waals surface area contributed by atoms with Crippen LogP contribution < -0.4 is 10.6 Å². The topological polar surface area (TPSA) is 114 Å². The highest BCUT2D eigenvalue weighted by atomic mass is 16.5. The van der Waals surface area contributed by atoms with E-state index in [4.69, 9.17) is 9.47 Å². The zero-order chi connectivity index (χ0) is 23.6. The molecule has 0 unspecified atom stereocenters. The van der Waals surface area contributed by atoms with E-state index in [2.05, 4.69) is 34.9 Å². The van der Waals surface area contributed by atoms with Gasteiger partial charge >= 0.3 is 12.1 Å². The maximum absolute atomic E-state index is 12.5. The molecule has 2 aliphatic rings. The minimum absolute atomic E-state index is 0.0326. The molecule has 1 fully saturated rings. The van der Waals surface area contributed by atoms with Crippen LogP contribution in [0.15, 0.2) is 48.5 Å². The standard InChI is InChI=1S/C25H28N2O6/c1-25(2,23(29)30)27-22(28)21-15(11-12-32-21)13-26-24(31)33-14-20-18-9-5-3-7-16(18)17-8-4-6-10-19(17)20/h3-10,15,20-21H,11-14H2,1-2H3,(H,26,31)(H,27,28)(H,29,30)/t15-,21-/m0/s1. The zero-order valence-corrected chi connectivity index (χ0v) is 18.7. The molecule has 8 nitrogen and oxygen atoms in total. The van der Waals surface area contributed by atoms with Crippen LogP contribution in [-0.4, -0.2) is 54.5 Å². The van der Waals surface area contributed by atoms with Crippen LogP contribution in [0.3, 0.4) is 0 Å². The second-order valence-electron chi connectivity index (χ2n) is 8.97. The average molecular weight is 453 g/mol. The van der Waals surface area contributed by atoms with Gasteiger partial charge < -0.3 is 25.2 Å². The van der Waals surface area contributed by atoms with Crippen molar-refractivity contribution in [3.05, 3.63) is 59.7 Å². The van der Waals surface area contributed by atoms with Crippen molar-refractivity contribution in [2.24, 2.45) is 5.92 Å². The van der Waals surface area contributed by atoms with E-state index in [1.807, 2.05) is 24.3 Å². The van der Waals surface area contributed by atoms with Crippen LogP contribution in [0.4, 0.5) is 4.79 Å². The fraction of sp³-hybridized carbons (Fsp3) is 0.400. The minimum atomic E-state index is -1.41. The molecule has 1 aliphatic heterocycles. The highest BCUT2D eigenvalue weighted by molar-refractivity contribution is 5.89. The smallest absolute Gasteiger partial charge is 0.407 e. The molecule has 1 aliphatic carbocycles. The van der Waals surface area contributed by atoms with Crippen molar-refractivity contribution in [2.45, 2.75) is 37.8 Å². The Morgan fingerprint density at radius 3 is 2.27 bits per heavy atom. The average Bonchev–Trinajstić information content (AvgIpc) is 3.39. The summed E-state index contributed by atoms with van der Waals surface area (Å²) in [5.41, 5.74) is 3.17. The van der Waals surface area contributed by atoms with Crippen molar-refractivity contribution in [3.8, 4) is 11.1 Å². The molecule has 2 atom stereocenters. The third-order valence-corrected chi connectivity index (χ3v) is 6.30. The molecule has 2 aromatic carbocycles. The lowest BCUT2D eigenvalue weighted by molar-refractivity contribution is -0.148. The summed E-state index contributed by atoms with van der Waals surface area (Å²) in [6.07, 6.45) is -0.804. The molecule has 1 saturated heterocycles. The lowest BCUT2D eigenvalue weighted by atomic mass is 9.98. The number of rotatable bonds is 7. The van der Waals surface area contributed by atoms with Crippen molar-refractivity contribution < 1.29 is 29.0 Å². The first-order valence-corrected chi connectivity index (χ1v) is 11.0. The number of nitrogens with one attached hydrogen (secondary N) is 2. The van der Waals surface area contributed by atoms with Gasteiger partial charge in [-0.3, -0.25) is 4.79 Å². The van der Waals surface area contributed by atoms with Gasteiger partial charge in [0, 0.05) is 25.0 Å². The lowest BCUT2D eigenvalue weighted by Crippen LogP contribution is -2.54. The summed E-state index contributed by atoms with van der Waals surface area (Å²) in [7, 11) is 0. The molecule has 0 spiro atoms. The molecule has 2 amide bonds.